The maximum Gasteiger partial charge on any atom is 0.332 e. The van der Waals surface area contributed by atoms with Crippen LogP contribution in [0.1, 0.15) is 12.5 Å². The van der Waals surface area contributed by atoms with Gasteiger partial charge in [-0.25, -0.2) is 4.79 Å². The molecule has 2 aromatic heterocycles. The standard InChI is InChI=1S/C22H23N5O3/c1-4-30-17-12-10-16(11-13-17)23-21-24-19-18(20(28)26(3)22(29)25(19)2)27(21)14-15-8-6-5-7-9-15/h5-13H,4,14H2,1-3H3,(H,23,24). The minimum absolute atomic E-state index is 0.340. The van der Waals surface area contributed by atoms with Crippen LogP contribution in [0.5, 0.6) is 5.75 Å². The Hall–Kier alpha value is -3.81. The number of nitrogens with zero attached hydrogens (tertiary/aromatic N) is 4. The summed E-state index contributed by atoms with van der Waals surface area (Å²) < 4.78 is 9.79. The lowest BCUT2D eigenvalue weighted by molar-refractivity contribution is 0.340. The van der Waals surface area contributed by atoms with Gasteiger partial charge in [0.15, 0.2) is 11.2 Å². The summed E-state index contributed by atoms with van der Waals surface area (Å²) in [6.45, 7) is 2.96. The maximum atomic E-state index is 12.9. The van der Waals surface area contributed by atoms with Crippen molar-refractivity contribution in [1.29, 1.82) is 0 Å². The van der Waals surface area contributed by atoms with Gasteiger partial charge in [0, 0.05) is 19.8 Å². The van der Waals surface area contributed by atoms with Crippen molar-refractivity contribution in [3.05, 3.63) is 81.0 Å². The summed E-state index contributed by atoms with van der Waals surface area (Å²) in [4.78, 5) is 29.9. The molecule has 0 bridgehead atoms. The van der Waals surface area contributed by atoms with Crippen LogP contribution in [0.2, 0.25) is 0 Å². The Morgan fingerprint density at radius 3 is 2.33 bits per heavy atom. The topological polar surface area (TPSA) is 83.1 Å². The van der Waals surface area contributed by atoms with E-state index >= 15 is 0 Å². The summed E-state index contributed by atoms with van der Waals surface area (Å²) in [6.07, 6.45) is 0. The van der Waals surface area contributed by atoms with Crippen LogP contribution >= 0.6 is 0 Å². The lowest BCUT2D eigenvalue weighted by Gasteiger charge is -2.12. The molecule has 0 aliphatic carbocycles. The second kappa shape index (κ2) is 7.90. The summed E-state index contributed by atoms with van der Waals surface area (Å²) in [5, 5.41) is 3.28. The van der Waals surface area contributed by atoms with Crippen LogP contribution in [0.4, 0.5) is 11.6 Å². The van der Waals surface area contributed by atoms with Gasteiger partial charge in [0.05, 0.1) is 13.2 Å². The van der Waals surface area contributed by atoms with Gasteiger partial charge in [-0.15, -0.1) is 0 Å². The molecule has 0 radical (unpaired) electrons. The van der Waals surface area contributed by atoms with Crippen molar-refractivity contribution in [2.45, 2.75) is 13.5 Å². The molecule has 0 saturated heterocycles. The molecule has 4 aromatic rings. The number of aromatic nitrogens is 4. The number of hydrogen-bond donors (Lipinski definition) is 1. The zero-order valence-corrected chi connectivity index (χ0v) is 17.1. The number of anilines is 2. The van der Waals surface area contributed by atoms with Crippen molar-refractivity contribution in [1.82, 2.24) is 18.7 Å². The molecular formula is C22H23N5O3. The molecule has 0 unspecified atom stereocenters. The summed E-state index contributed by atoms with van der Waals surface area (Å²) in [6, 6.07) is 17.3. The largest absolute Gasteiger partial charge is 0.494 e. The number of aryl methyl sites for hydroxylation is 1. The smallest absolute Gasteiger partial charge is 0.332 e. The molecule has 0 spiro atoms. The van der Waals surface area contributed by atoms with E-state index < -0.39 is 5.69 Å². The summed E-state index contributed by atoms with van der Waals surface area (Å²) in [5.74, 6) is 1.26. The molecule has 0 fully saturated rings. The summed E-state index contributed by atoms with van der Waals surface area (Å²) in [7, 11) is 3.09. The first kappa shape index (κ1) is 19.5. The molecule has 4 rings (SSSR count). The average Bonchev–Trinajstić information content (AvgIpc) is 3.11. The molecule has 0 aliphatic rings. The highest BCUT2D eigenvalue weighted by Crippen LogP contribution is 2.23. The molecule has 8 nitrogen and oxygen atoms in total. The molecule has 0 amide bonds. The molecule has 0 saturated carbocycles. The van der Waals surface area contributed by atoms with Crippen LogP contribution in [0.15, 0.2) is 64.2 Å². The van der Waals surface area contributed by atoms with Gasteiger partial charge >= 0.3 is 5.69 Å². The van der Waals surface area contributed by atoms with Gasteiger partial charge in [-0.2, -0.15) is 4.98 Å². The van der Waals surface area contributed by atoms with Crippen molar-refractivity contribution in [2.24, 2.45) is 14.1 Å². The number of benzene rings is 2. The normalized spacial score (nSPS) is 11.0. The Bertz CT molecular complexity index is 1300. The zero-order chi connectivity index (χ0) is 21.3. The zero-order valence-electron chi connectivity index (χ0n) is 17.1. The molecular weight excluding hydrogens is 382 g/mol. The number of ether oxygens (including phenoxy) is 1. The fourth-order valence-corrected chi connectivity index (χ4v) is 3.39. The van der Waals surface area contributed by atoms with Crippen LogP contribution in [-0.4, -0.2) is 25.3 Å². The van der Waals surface area contributed by atoms with E-state index in [0.29, 0.717) is 30.3 Å². The van der Waals surface area contributed by atoms with Crippen molar-refractivity contribution >= 4 is 22.8 Å². The van der Waals surface area contributed by atoms with E-state index in [9.17, 15) is 9.59 Å². The number of rotatable bonds is 6. The van der Waals surface area contributed by atoms with Gasteiger partial charge in [-0.05, 0) is 36.8 Å². The van der Waals surface area contributed by atoms with Crippen LogP contribution in [0, 0.1) is 0 Å². The van der Waals surface area contributed by atoms with Gasteiger partial charge in [0.2, 0.25) is 5.95 Å². The minimum Gasteiger partial charge on any atom is -0.494 e. The highest BCUT2D eigenvalue weighted by atomic mass is 16.5. The van der Waals surface area contributed by atoms with Crippen molar-refractivity contribution in [2.75, 3.05) is 11.9 Å². The molecule has 8 heteroatoms. The van der Waals surface area contributed by atoms with Crippen LogP contribution in [-0.2, 0) is 20.6 Å². The van der Waals surface area contributed by atoms with Crippen molar-refractivity contribution in [3.8, 4) is 5.75 Å². The molecule has 2 heterocycles. The fourth-order valence-electron chi connectivity index (χ4n) is 3.39. The summed E-state index contributed by atoms with van der Waals surface area (Å²) >= 11 is 0. The van der Waals surface area contributed by atoms with E-state index in [1.54, 1.807) is 7.05 Å². The number of fused-ring (bicyclic) bond motifs is 1. The lowest BCUT2D eigenvalue weighted by Crippen LogP contribution is -2.37. The van der Waals surface area contributed by atoms with E-state index in [1.807, 2.05) is 66.1 Å². The van der Waals surface area contributed by atoms with Crippen molar-refractivity contribution < 1.29 is 4.74 Å². The van der Waals surface area contributed by atoms with Gasteiger partial charge < -0.3 is 10.1 Å². The van der Waals surface area contributed by atoms with Gasteiger partial charge in [-0.1, -0.05) is 30.3 Å². The Balaban J connectivity index is 1.86. The first-order chi connectivity index (χ1) is 14.5. The van der Waals surface area contributed by atoms with Crippen LogP contribution in [0.25, 0.3) is 11.2 Å². The fraction of sp³-hybridized carbons (Fsp3) is 0.227. The second-order valence-electron chi connectivity index (χ2n) is 6.97. The Labute approximate surface area is 173 Å². The summed E-state index contributed by atoms with van der Waals surface area (Å²) in [5.41, 5.74) is 1.73. The van der Waals surface area contributed by atoms with Crippen LogP contribution < -0.4 is 21.3 Å². The predicted molar refractivity (Wildman–Crippen MR) is 117 cm³/mol. The molecule has 1 N–H and O–H groups in total. The van der Waals surface area contributed by atoms with Gasteiger partial charge in [-0.3, -0.25) is 18.5 Å². The third kappa shape index (κ3) is 3.47. The Morgan fingerprint density at radius 1 is 0.967 bits per heavy atom. The van der Waals surface area contributed by atoms with E-state index in [-0.39, 0.29) is 5.56 Å². The third-order valence-electron chi connectivity index (χ3n) is 4.95. The Morgan fingerprint density at radius 2 is 1.67 bits per heavy atom. The molecule has 2 aromatic carbocycles. The quantitative estimate of drug-likeness (QED) is 0.533. The number of hydrogen-bond acceptors (Lipinski definition) is 5. The third-order valence-corrected chi connectivity index (χ3v) is 4.95. The second-order valence-corrected chi connectivity index (χ2v) is 6.97. The minimum atomic E-state index is -0.413. The molecule has 30 heavy (non-hydrogen) atoms. The van der Waals surface area contributed by atoms with Gasteiger partial charge in [0.25, 0.3) is 5.56 Å². The highest BCUT2D eigenvalue weighted by molar-refractivity contribution is 5.76. The van der Waals surface area contributed by atoms with E-state index in [1.165, 1.54) is 11.6 Å². The van der Waals surface area contributed by atoms with E-state index in [4.69, 9.17) is 4.74 Å². The monoisotopic (exact) mass is 405 g/mol. The first-order valence-electron chi connectivity index (χ1n) is 9.69. The van der Waals surface area contributed by atoms with Gasteiger partial charge in [0.1, 0.15) is 5.75 Å². The number of nitrogens with one attached hydrogen (secondary N) is 1. The maximum absolute atomic E-state index is 12.9. The SMILES string of the molecule is CCOc1ccc(Nc2nc3c(c(=O)n(C)c(=O)n3C)n2Cc2ccccc2)cc1. The highest BCUT2D eigenvalue weighted by Gasteiger charge is 2.19. The predicted octanol–water partition coefficient (Wildman–Crippen LogP) is 2.62. The van der Waals surface area contributed by atoms with E-state index in [0.717, 1.165) is 21.6 Å². The molecule has 154 valence electrons. The Kier molecular flexibility index (Phi) is 5.14. The van der Waals surface area contributed by atoms with Crippen LogP contribution in [0.3, 0.4) is 0 Å². The van der Waals surface area contributed by atoms with E-state index in [2.05, 4.69) is 10.3 Å². The van der Waals surface area contributed by atoms with Crippen molar-refractivity contribution in [3.63, 3.8) is 0 Å². The lowest BCUT2D eigenvalue weighted by atomic mass is 10.2. The average molecular weight is 405 g/mol. The first-order valence-corrected chi connectivity index (χ1v) is 9.69. The number of imidazole rings is 1. The molecule has 0 atom stereocenters. The molecule has 0 aliphatic heterocycles.